The Labute approximate surface area is 106 Å². The third-order valence-corrected chi connectivity index (χ3v) is 3.36. The Morgan fingerprint density at radius 1 is 1.56 bits per heavy atom. The van der Waals surface area contributed by atoms with Crippen molar-refractivity contribution >= 4 is 5.97 Å². The molecule has 2 N–H and O–H groups in total. The zero-order chi connectivity index (χ0) is 13.1. The number of piperidine rings is 1. The second kappa shape index (κ2) is 5.46. The van der Waals surface area contributed by atoms with Gasteiger partial charge in [0.1, 0.15) is 5.69 Å². The Bertz CT molecular complexity index is 436. The summed E-state index contributed by atoms with van der Waals surface area (Å²) in [5.41, 5.74) is 0.844. The quantitative estimate of drug-likeness (QED) is 0.836. The maximum Gasteiger partial charge on any atom is 0.354 e. The Morgan fingerprint density at radius 2 is 2.33 bits per heavy atom. The van der Waals surface area contributed by atoms with E-state index in [1.54, 1.807) is 6.07 Å². The summed E-state index contributed by atoms with van der Waals surface area (Å²) < 4.78 is 0. The molecule has 5 heteroatoms. The molecule has 5 nitrogen and oxygen atoms in total. The maximum atomic E-state index is 10.8. The molecular weight excluding hydrogens is 232 g/mol. The van der Waals surface area contributed by atoms with Gasteiger partial charge in [0, 0.05) is 19.6 Å². The molecule has 0 bridgehead atoms. The molecule has 1 saturated heterocycles. The van der Waals surface area contributed by atoms with Crippen molar-refractivity contribution in [3.63, 3.8) is 0 Å². The molecule has 0 radical (unpaired) electrons. The first-order valence-corrected chi connectivity index (χ1v) is 6.16. The lowest BCUT2D eigenvalue weighted by atomic mass is 9.97. The number of carboxylic acids is 1. The predicted molar refractivity (Wildman–Crippen MR) is 66.3 cm³/mol. The third kappa shape index (κ3) is 3.05. The van der Waals surface area contributed by atoms with E-state index in [1.807, 2.05) is 13.0 Å². The zero-order valence-corrected chi connectivity index (χ0v) is 10.4. The second-order valence-electron chi connectivity index (χ2n) is 4.89. The molecule has 0 spiro atoms. The van der Waals surface area contributed by atoms with E-state index < -0.39 is 5.97 Å². The van der Waals surface area contributed by atoms with Crippen LogP contribution in [0.2, 0.25) is 0 Å². The van der Waals surface area contributed by atoms with Crippen molar-refractivity contribution in [1.82, 2.24) is 9.88 Å². The number of aromatic nitrogens is 1. The average Bonchev–Trinajstić information content (AvgIpc) is 2.34. The van der Waals surface area contributed by atoms with Crippen LogP contribution in [0.15, 0.2) is 18.2 Å². The molecule has 0 amide bonds. The molecule has 1 aliphatic rings. The van der Waals surface area contributed by atoms with Crippen molar-refractivity contribution in [2.75, 3.05) is 13.1 Å². The molecule has 1 fully saturated rings. The van der Waals surface area contributed by atoms with Gasteiger partial charge in [-0.15, -0.1) is 0 Å². The van der Waals surface area contributed by atoms with Gasteiger partial charge in [0.05, 0.1) is 11.8 Å². The van der Waals surface area contributed by atoms with Gasteiger partial charge in [0.2, 0.25) is 0 Å². The molecular formula is C13H18N2O3. The number of hydrogen-bond donors (Lipinski definition) is 2. The average molecular weight is 250 g/mol. The molecule has 2 rings (SSSR count). The molecule has 2 atom stereocenters. The molecule has 2 heterocycles. The summed E-state index contributed by atoms with van der Waals surface area (Å²) in [6.07, 6.45) is 0.541. The van der Waals surface area contributed by atoms with Crippen molar-refractivity contribution in [3.05, 3.63) is 29.6 Å². The van der Waals surface area contributed by atoms with E-state index in [9.17, 15) is 9.90 Å². The fourth-order valence-corrected chi connectivity index (χ4v) is 2.28. The number of carboxylic acid groups (broad SMARTS) is 1. The van der Waals surface area contributed by atoms with Gasteiger partial charge in [-0.25, -0.2) is 9.78 Å². The first kappa shape index (κ1) is 13.0. The number of pyridine rings is 1. The van der Waals surface area contributed by atoms with E-state index in [-0.39, 0.29) is 17.7 Å². The number of aliphatic hydroxyl groups excluding tert-OH is 1. The Balaban J connectivity index is 2.01. The lowest BCUT2D eigenvalue weighted by Gasteiger charge is -2.34. The summed E-state index contributed by atoms with van der Waals surface area (Å²) in [7, 11) is 0. The van der Waals surface area contributed by atoms with E-state index in [2.05, 4.69) is 9.88 Å². The molecule has 98 valence electrons. The van der Waals surface area contributed by atoms with E-state index in [0.717, 1.165) is 25.2 Å². The van der Waals surface area contributed by atoms with E-state index in [1.165, 1.54) is 6.07 Å². The fourth-order valence-electron chi connectivity index (χ4n) is 2.28. The van der Waals surface area contributed by atoms with Crippen LogP contribution in [0.25, 0.3) is 0 Å². The molecule has 0 aliphatic carbocycles. The van der Waals surface area contributed by atoms with Crippen molar-refractivity contribution < 1.29 is 15.0 Å². The minimum atomic E-state index is -1.00. The molecule has 1 aromatic rings. The monoisotopic (exact) mass is 250 g/mol. The lowest BCUT2D eigenvalue weighted by Crippen LogP contribution is -2.41. The topological polar surface area (TPSA) is 73.7 Å². The van der Waals surface area contributed by atoms with E-state index in [0.29, 0.717) is 6.54 Å². The first-order valence-electron chi connectivity index (χ1n) is 6.16. The maximum absolute atomic E-state index is 10.8. The van der Waals surface area contributed by atoms with Crippen LogP contribution in [-0.2, 0) is 6.54 Å². The van der Waals surface area contributed by atoms with Crippen molar-refractivity contribution in [3.8, 4) is 0 Å². The van der Waals surface area contributed by atoms with Crippen LogP contribution in [0.4, 0.5) is 0 Å². The van der Waals surface area contributed by atoms with Gasteiger partial charge in [-0.05, 0) is 24.5 Å². The van der Waals surface area contributed by atoms with Gasteiger partial charge in [0.25, 0.3) is 0 Å². The van der Waals surface area contributed by atoms with Crippen LogP contribution in [0.5, 0.6) is 0 Å². The number of aromatic carboxylic acids is 1. The van der Waals surface area contributed by atoms with Crippen LogP contribution in [0.1, 0.15) is 29.5 Å². The number of likely N-dealkylation sites (tertiary alicyclic amines) is 1. The lowest BCUT2D eigenvalue weighted by molar-refractivity contribution is 0.0315. The highest BCUT2D eigenvalue weighted by Gasteiger charge is 2.24. The van der Waals surface area contributed by atoms with E-state index >= 15 is 0 Å². The van der Waals surface area contributed by atoms with Gasteiger partial charge in [-0.1, -0.05) is 13.0 Å². The van der Waals surface area contributed by atoms with Gasteiger partial charge in [0.15, 0.2) is 0 Å². The van der Waals surface area contributed by atoms with Crippen LogP contribution in [-0.4, -0.2) is 45.3 Å². The number of carbonyl (C=O) groups is 1. The number of rotatable bonds is 3. The smallest absolute Gasteiger partial charge is 0.354 e. The third-order valence-electron chi connectivity index (χ3n) is 3.36. The molecule has 2 unspecified atom stereocenters. The van der Waals surface area contributed by atoms with Crippen LogP contribution in [0, 0.1) is 5.92 Å². The Morgan fingerprint density at radius 3 is 3.00 bits per heavy atom. The summed E-state index contributed by atoms with van der Waals surface area (Å²) in [5, 5.41) is 18.5. The van der Waals surface area contributed by atoms with Crippen LogP contribution in [0.3, 0.4) is 0 Å². The molecule has 18 heavy (non-hydrogen) atoms. The SMILES string of the molecule is CC1CN(Cc2cccc(C(=O)O)n2)CCC1O. The Hall–Kier alpha value is -1.46. The highest BCUT2D eigenvalue weighted by molar-refractivity contribution is 5.85. The van der Waals surface area contributed by atoms with Gasteiger partial charge in [-0.3, -0.25) is 4.90 Å². The van der Waals surface area contributed by atoms with Gasteiger partial charge >= 0.3 is 5.97 Å². The fraction of sp³-hybridized carbons (Fsp3) is 0.538. The largest absolute Gasteiger partial charge is 0.477 e. The summed E-state index contributed by atoms with van der Waals surface area (Å²) >= 11 is 0. The molecule has 0 saturated carbocycles. The predicted octanol–water partition coefficient (Wildman–Crippen LogP) is 0.982. The summed E-state index contributed by atoms with van der Waals surface area (Å²) in [5.74, 6) is -0.749. The molecule has 0 aromatic carbocycles. The standard InChI is InChI=1S/C13H18N2O3/c1-9-7-15(6-5-12(9)16)8-10-3-2-4-11(14-10)13(17)18/h2-4,9,12,16H,5-8H2,1H3,(H,17,18). The zero-order valence-electron chi connectivity index (χ0n) is 10.4. The Kier molecular flexibility index (Phi) is 3.93. The van der Waals surface area contributed by atoms with Crippen LogP contribution >= 0.6 is 0 Å². The highest BCUT2D eigenvalue weighted by atomic mass is 16.4. The van der Waals surface area contributed by atoms with Crippen molar-refractivity contribution in [2.45, 2.75) is 26.0 Å². The first-order chi connectivity index (χ1) is 8.56. The normalized spacial score (nSPS) is 25.0. The minimum Gasteiger partial charge on any atom is -0.477 e. The highest BCUT2D eigenvalue weighted by Crippen LogP contribution is 2.18. The van der Waals surface area contributed by atoms with E-state index in [4.69, 9.17) is 5.11 Å². The van der Waals surface area contributed by atoms with Crippen LogP contribution < -0.4 is 0 Å². The van der Waals surface area contributed by atoms with Gasteiger partial charge in [-0.2, -0.15) is 0 Å². The number of hydrogen-bond acceptors (Lipinski definition) is 4. The second-order valence-corrected chi connectivity index (χ2v) is 4.89. The molecule has 1 aliphatic heterocycles. The summed E-state index contributed by atoms with van der Waals surface area (Å²) in [4.78, 5) is 17.1. The van der Waals surface area contributed by atoms with Gasteiger partial charge < -0.3 is 10.2 Å². The molecule has 1 aromatic heterocycles. The minimum absolute atomic E-state index is 0.0811. The van der Waals surface area contributed by atoms with Crippen molar-refractivity contribution in [1.29, 1.82) is 0 Å². The van der Waals surface area contributed by atoms with Crippen molar-refractivity contribution in [2.24, 2.45) is 5.92 Å². The number of aliphatic hydroxyl groups is 1. The summed E-state index contributed by atoms with van der Waals surface area (Å²) in [6, 6.07) is 5.05. The summed E-state index contributed by atoms with van der Waals surface area (Å²) in [6.45, 7) is 4.31. The number of nitrogens with zero attached hydrogens (tertiary/aromatic N) is 2.